The van der Waals surface area contributed by atoms with E-state index < -0.39 is 13.7 Å². The van der Waals surface area contributed by atoms with Crippen LogP contribution in [0.15, 0.2) is 12.5 Å². The van der Waals surface area contributed by atoms with E-state index in [-0.39, 0.29) is 18.2 Å². The van der Waals surface area contributed by atoms with E-state index >= 15 is 0 Å². The van der Waals surface area contributed by atoms with Gasteiger partial charge >= 0.3 is 6.09 Å². The minimum atomic E-state index is -1.17. The van der Waals surface area contributed by atoms with E-state index in [1.165, 1.54) is 5.56 Å². The Balaban J connectivity index is 1.39. The van der Waals surface area contributed by atoms with Crippen LogP contribution in [0.5, 0.6) is 5.88 Å². The van der Waals surface area contributed by atoms with E-state index in [0.29, 0.717) is 31.0 Å². The van der Waals surface area contributed by atoms with Crippen molar-refractivity contribution in [2.75, 3.05) is 26.4 Å². The van der Waals surface area contributed by atoms with Crippen LogP contribution in [-0.2, 0) is 20.9 Å². The summed E-state index contributed by atoms with van der Waals surface area (Å²) in [6.45, 7) is 16.0. The second-order valence-corrected chi connectivity index (χ2v) is 19.0. The molecule has 4 aliphatic rings. The molecule has 9 nitrogen and oxygen atoms in total. The minimum Gasteiger partial charge on any atom is -0.472 e. The average Bonchev–Trinajstić information content (AvgIpc) is 3.19. The number of aromatic nitrogens is 3. The first-order valence-electron chi connectivity index (χ1n) is 14.1. The van der Waals surface area contributed by atoms with Gasteiger partial charge in [-0.25, -0.2) is 14.8 Å². The maximum atomic E-state index is 12.9. The summed E-state index contributed by atoms with van der Waals surface area (Å²) in [7, 11) is -1.17. The van der Waals surface area contributed by atoms with Gasteiger partial charge in [0.05, 0.1) is 11.9 Å². The zero-order valence-corrected chi connectivity index (χ0v) is 24.9. The molecule has 210 valence electrons. The molecule has 4 fully saturated rings. The third-order valence-corrected chi connectivity index (χ3v) is 9.62. The van der Waals surface area contributed by atoms with Crippen molar-refractivity contribution in [2.24, 2.45) is 5.92 Å². The van der Waals surface area contributed by atoms with Crippen molar-refractivity contribution in [1.29, 1.82) is 0 Å². The van der Waals surface area contributed by atoms with Gasteiger partial charge in [-0.2, -0.15) is 0 Å². The second kappa shape index (κ2) is 10.8. The highest BCUT2D eigenvalue weighted by Gasteiger charge is 2.49. The number of hydrogen-bond donors (Lipinski definition) is 0. The van der Waals surface area contributed by atoms with Gasteiger partial charge in [-0.1, -0.05) is 19.6 Å². The largest absolute Gasteiger partial charge is 0.472 e. The molecular formula is C28H44N4O5Si. The Bertz CT molecular complexity index is 1130. The number of carbonyl (C=O) groups is 1. The van der Waals surface area contributed by atoms with Crippen LogP contribution in [0.25, 0.3) is 11.0 Å². The summed E-state index contributed by atoms with van der Waals surface area (Å²) in [5.74, 6) is 1.39. The number of nitrogens with zero attached hydrogens (tertiary/aromatic N) is 4. The van der Waals surface area contributed by atoms with Crippen LogP contribution in [0, 0.1) is 5.92 Å². The lowest BCUT2D eigenvalue weighted by atomic mass is 9.72. The molecule has 5 heterocycles. The molecule has 10 heteroatoms. The smallest absolute Gasteiger partial charge is 0.410 e. The average molecular weight is 545 g/mol. The lowest BCUT2D eigenvalue weighted by molar-refractivity contribution is -0.0769. The molecule has 0 N–H and O–H groups in total. The van der Waals surface area contributed by atoms with Crippen molar-refractivity contribution in [3.63, 3.8) is 0 Å². The van der Waals surface area contributed by atoms with E-state index in [9.17, 15) is 4.79 Å². The molecule has 0 radical (unpaired) electrons. The predicted molar refractivity (Wildman–Crippen MR) is 148 cm³/mol. The van der Waals surface area contributed by atoms with Crippen LogP contribution >= 0.6 is 0 Å². The Hall–Kier alpha value is -2.17. The SMILES string of the molecule is CC(C)(C)OC(=O)N1CC(Oc2ncnc3c2c(C2CCOCC2)cn3COCC[Si](C)(C)C)C2CC1C2. The number of amides is 1. The van der Waals surface area contributed by atoms with Gasteiger partial charge in [-0.3, -0.25) is 0 Å². The topological polar surface area (TPSA) is 87.9 Å². The number of fused-ring (bicyclic) bond motifs is 3. The lowest BCUT2D eigenvalue weighted by Crippen LogP contribution is -2.62. The first kappa shape index (κ1) is 27.4. The summed E-state index contributed by atoms with van der Waals surface area (Å²) in [5, 5.41) is 0.971. The van der Waals surface area contributed by atoms with Crippen molar-refractivity contribution in [2.45, 2.75) is 103 Å². The van der Waals surface area contributed by atoms with Gasteiger partial charge in [0.25, 0.3) is 0 Å². The van der Waals surface area contributed by atoms with Gasteiger partial charge in [-0.05, 0) is 64.0 Å². The molecule has 1 saturated carbocycles. The maximum Gasteiger partial charge on any atom is 0.410 e. The fraction of sp³-hybridized carbons (Fsp3) is 0.750. The van der Waals surface area contributed by atoms with Gasteiger partial charge in [-0.15, -0.1) is 0 Å². The summed E-state index contributed by atoms with van der Waals surface area (Å²) in [6, 6.07) is 1.37. The van der Waals surface area contributed by atoms with Gasteiger partial charge in [0.1, 0.15) is 30.4 Å². The lowest BCUT2D eigenvalue weighted by Gasteiger charge is -2.52. The quantitative estimate of drug-likeness (QED) is 0.324. The van der Waals surface area contributed by atoms with Crippen molar-refractivity contribution >= 4 is 25.2 Å². The van der Waals surface area contributed by atoms with Gasteiger partial charge in [0.2, 0.25) is 5.88 Å². The molecule has 38 heavy (non-hydrogen) atoms. The summed E-state index contributed by atoms with van der Waals surface area (Å²) in [6.07, 6.45) is 7.20. The molecule has 3 aliphatic heterocycles. The molecule has 0 spiro atoms. The van der Waals surface area contributed by atoms with E-state index in [1.807, 2.05) is 25.7 Å². The fourth-order valence-electron chi connectivity index (χ4n) is 5.67. The summed E-state index contributed by atoms with van der Waals surface area (Å²) in [5.41, 5.74) is 1.53. The van der Waals surface area contributed by atoms with Crippen LogP contribution in [0.1, 0.15) is 57.9 Å². The Morgan fingerprint density at radius 3 is 2.58 bits per heavy atom. The number of ether oxygens (including phenoxy) is 4. The van der Waals surface area contributed by atoms with Crippen molar-refractivity contribution < 1.29 is 23.7 Å². The first-order valence-corrected chi connectivity index (χ1v) is 17.8. The van der Waals surface area contributed by atoms with E-state index in [2.05, 4.69) is 40.4 Å². The minimum absolute atomic E-state index is 0.121. The van der Waals surface area contributed by atoms with Crippen molar-refractivity contribution in [3.05, 3.63) is 18.1 Å². The molecule has 3 saturated heterocycles. The predicted octanol–water partition coefficient (Wildman–Crippen LogP) is 5.41. The van der Waals surface area contributed by atoms with Crippen LogP contribution in [0.2, 0.25) is 25.7 Å². The Morgan fingerprint density at radius 1 is 1.16 bits per heavy atom. The molecule has 1 aliphatic carbocycles. The van der Waals surface area contributed by atoms with Gasteiger partial charge in [0, 0.05) is 46.1 Å². The monoisotopic (exact) mass is 544 g/mol. The highest BCUT2D eigenvalue weighted by molar-refractivity contribution is 6.76. The van der Waals surface area contributed by atoms with Crippen LogP contribution < -0.4 is 4.74 Å². The zero-order valence-electron chi connectivity index (χ0n) is 23.9. The Morgan fingerprint density at radius 2 is 1.89 bits per heavy atom. The Kier molecular flexibility index (Phi) is 7.77. The normalized spacial score (nSPS) is 24.4. The van der Waals surface area contributed by atoms with Crippen LogP contribution in [-0.4, -0.2) is 77.7 Å². The fourth-order valence-corrected chi connectivity index (χ4v) is 6.43. The molecule has 0 aromatic carbocycles. The molecular weight excluding hydrogens is 500 g/mol. The maximum absolute atomic E-state index is 12.9. The summed E-state index contributed by atoms with van der Waals surface area (Å²) < 4.78 is 26.2. The van der Waals surface area contributed by atoms with Crippen LogP contribution in [0.4, 0.5) is 4.79 Å². The van der Waals surface area contributed by atoms with E-state index in [1.54, 1.807) is 6.33 Å². The van der Waals surface area contributed by atoms with Gasteiger partial charge in [0.15, 0.2) is 0 Å². The molecule has 2 aromatic heterocycles. The molecule has 1 amide bonds. The molecule has 2 bridgehead atoms. The molecule has 6 rings (SSSR count). The number of hydrogen-bond acceptors (Lipinski definition) is 7. The molecule has 2 aromatic rings. The highest BCUT2D eigenvalue weighted by atomic mass is 28.3. The number of rotatable bonds is 8. The zero-order chi connectivity index (χ0) is 27.1. The summed E-state index contributed by atoms with van der Waals surface area (Å²) >= 11 is 0. The van der Waals surface area contributed by atoms with Crippen molar-refractivity contribution in [1.82, 2.24) is 19.4 Å². The standard InChI is InChI=1S/C28H44N4O5Si/c1-28(2,3)37-27(33)32-16-23(20-13-21(32)14-20)36-26-24-22(19-7-9-34-10-8-19)15-31(25(24)29-17-30-26)18-35-11-12-38(4,5)6/h15,17,19-21,23H,7-14,16,18H2,1-6H3. The number of piperidine rings is 2. The summed E-state index contributed by atoms with van der Waals surface area (Å²) in [4.78, 5) is 24.1. The van der Waals surface area contributed by atoms with Gasteiger partial charge < -0.3 is 28.4 Å². The number of carbonyl (C=O) groups excluding carboxylic acids is 1. The molecule has 1 unspecified atom stereocenters. The molecule has 1 atom stereocenters. The Labute approximate surface area is 227 Å². The van der Waals surface area contributed by atoms with Crippen molar-refractivity contribution in [3.8, 4) is 5.88 Å². The second-order valence-electron chi connectivity index (χ2n) is 13.3. The van der Waals surface area contributed by atoms with E-state index in [0.717, 1.165) is 62.6 Å². The third kappa shape index (κ3) is 6.18. The first-order chi connectivity index (χ1) is 18.0. The highest BCUT2D eigenvalue weighted by Crippen LogP contribution is 2.43. The third-order valence-electron chi connectivity index (χ3n) is 7.92. The van der Waals surface area contributed by atoms with E-state index in [4.69, 9.17) is 18.9 Å². The van der Waals surface area contributed by atoms with Crippen LogP contribution in [0.3, 0.4) is 0 Å².